The van der Waals surface area contributed by atoms with Crippen LogP contribution in [0.2, 0.25) is 0 Å². The molecular weight excluding hydrogens is 480 g/mol. The number of carboxylic acids is 1. The fourth-order valence-corrected chi connectivity index (χ4v) is 4.76. The number of aliphatic carboxylic acids is 1. The van der Waals surface area contributed by atoms with Gasteiger partial charge in [0.15, 0.2) is 0 Å². The predicted octanol–water partition coefficient (Wildman–Crippen LogP) is 3.90. The smallest absolute Gasteiger partial charge is 0.445 e. The Balaban J connectivity index is 1.90. The van der Waals surface area contributed by atoms with Gasteiger partial charge in [-0.2, -0.15) is 13.2 Å². The first-order chi connectivity index (χ1) is 14.6. The lowest BCUT2D eigenvalue weighted by molar-refractivity contribution is -0.140. The maximum Gasteiger partial charge on any atom is 0.445 e. The lowest BCUT2D eigenvalue weighted by Gasteiger charge is -2.10. The van der Waals surface area contributed by atoms with Crippen LogP contribution in [0.3, 0.4) is 0 Å². The van der Waals surface area contributed by atoms with Crippen molar-refractivity contribution < 1.29 is 32.3 Å². The molecule has 3 heterocycles. The number of benzene rings is 1. The molecule has 1 amide bonds. The van der Waals surface area contributed by atoms with Crippen LogP contribution in [0.15, 0.2) is 29.2 Å². The van der Waals surface area contributed by atoms with Gasteiger partial charge in [0.2, 0.25) is 9.97 Å². The standard InChI is InChI=1S/C17H8F4N4O3S3/c18-8-4-2-1-3-7(8)12-9(25-15(22-12)31-14(23-25)17(19,20)21)5-10-13(28)24(6-11(26)27)16(29)30-10/h1-5H,6H2,(H,26,27)/b10-5-. The molecule has 0 aliphatic carbocycles. The minimum Gasteiger partial charge on any atom is -0.480 e. The minimum atomic E-state index is -4.72. The molecule has 14 heteroatoms. The van der Waals surface area contributed by atoms with Crippen molar-refractivity contribution in [2.45, 2.75) is 6.18 Å². The molecule has 1 fully saturated rings. The molecule has 2 aromatic heterocycles. The zero-order valence-corrected chi connectivity index (χ0v) is 17.3. The van der Waals surface area contributed by atoms with Crippen LogP contribution in [-0.4, -0.2) is 47.3 Å². The van der Waals surface area contributed by atoms with Crippen LogP contribution in [0.5, 0.6) is 0 Å². The van der Waals surface area contributed by atoms with Crippen molar-refractivity contribution in [3.8, 4) is 11.3 Å². The Bertz CT molecular complexity index is 1280. The Hall–Kier alpha value is -2.84. The van der Waals surface area contributed by atoms with E-state index in [2.05, 4.69) is 10.1 Å². The number of nitrogens with zero attached hydrogens (tertiary/aromatic N) is 4. The number of fused-ring (bicyclic) bond motifs is 1. The van der Waals surface area contributed by atoms with E-state index in [1.54, 1.807) is 0 Å². The van der Waals surface area contributed by atoms with Gasteiger partial charge in [0.05, 0.1) is 10.6 Å². The van der Waals surface area contributed by atoms with Crippen molar-refractivity contribution in [2.24, 2.45) is 0 Å². The number of hydrogen-bond donors (Lipinski definition) is 1. The van der Waals surface area contributed by atoms with Gasteiger partial charge in [-0.25, -0.2) is 13.9 Å². The number of alkyl halides is 3. The lowest BCUT2D eigenvalue weighted by atomic mass is 10.1. The third-order valence-electron chi connectivity index (χ3n) is 4.04. The third-order valence-corrected chi connectivity index (χ3v) is 6.38. The molecule has 1 aliphatic heterocycles. The Labute approximate surface area is 184 Å². The van der Waals surface area contributed by atoms with E-state index >= 15 is 0 Å². The van der Waals surface area contributed by atoms with E-state index in [1.807, 2.05) is 0 Å². The van der Waals surface area contributed by atoms with Crippen LogP contribution >= 0.6 is 35.3 Å². The molecule has 1 aliphatic rings. The predicted molar refractivity (Wildman–Crippen MR) is 109 cm³/mol. The molecule has 0 saturated carbocycles. The van der Waals surface area contributed by atoms with E-state index in [1.165, 1.54) is 24.3 Å². The molecule has 0 radical (unpaired) electrons. The number of imidazole rings is 1. The molecule has 7 nitrogen and oxygen atoms in total. The third kappa shape index (κ3) is 3.93. The van der Waals surface area contributed by atoms with Crippen LogP contribution in [0.25, 0.3) is 22.3 Å². The summed E-state index contributed by atoms with van der Waals surface area (Å²) in [6.07, 6.45) is -3.53. The molecule has 31 heavy (non-hydrogen) atoms. The highest BCUT2D eigenvalue weighted by atomic mass is 32.2. The van der Waals surface area contributed by atoms with Gasteiger partial charge in [-0.3, -0.25) is 14.5 Å². The Morgan fingerprint density at radius 2 is 2.00 bits per heavy atom. The summed E-state index contributed by atoms with van der Waals surface area (Å²) in [6, 6.07) is 5.51. The van der Waals surface area contributed by atoms with Gasteiger partial charge >= 0.3 is 12.1 Å². The number of carboxylic acid groups (broad SMARTS) is 1. The quantitative estimate of drug-likeness (QED) is 0.339. The molecular formula is C17H8F4N4O3S3. The van der Waals surface area contributed by atoms with E-state index in [9.17, 15) is 27.2 Å². The molecule has 1 saturated heterocycles. The van der Waals surface area contributed by atoms with Crippen LogP contribution < -0.4 is 0 Å². The van der Waals surface area contributed by atoms with E-state index in [-0.39, 0.29) is 42.5 Å². The number of amides is 1. The maximum absolute atomic E-state index is 14.4. The van der Waals surface area contributed by atoms with Gasteiger partial charge < -0.3 is 5.11 Å². The number of rotatable bonds is 4. The first-order valence-electron chi connectivity index (χ1n) is 8.25. The van der Waals surface area contributed by atoms with Crippen LogP contribution in [0.1, 0.15) is 10.7 Å². The summed E-state index contributed by atoms with van der Waals surface area (Å²) < 4.78 is 54.6. The normalized spacial score (nSPS) is 16.1. The molecule has 0 atom stereocenters. The zero-order chi connectivity index (χ0) is 22.5. The highest BCUT2D eigenvalue weighted by Crippen LogP contribution is 2.38. The molecule has 1 N–H and O–H groups in total. The van der Waals surface area contributed by atoms with E-state index in [0.29, 0.717) is 0 Å². The summed E-state index contributed by atoms with van der Waals surface area (Å²) in [5.74, 6) is -2.69. The Morgan fingerprint density at radius 1 is 1.29 bits per heavy atom. The van der Waals surface area contributed by atoms with Crippen molar-refractivity contribution in [3.63, 3.8) is 0 Å². The van der Waals surface area contributed by atoms with Gasteiger partial charge in [-0.05, 0) is 18.2 Å². The second-order valence-electron chi connectivity index (χ2n) is 6.09. The van der Waals surface area contributed by atoms with Crippen molar-refractivity contribution in [1.82, 2.24) is 19.5 Å². The molecule has 1 aromatic carbocycles. The fraction of sp³-hybridized carbons (Fsp3) is 0.118. The van der Waals surface area contributed by atoms with Gasteiger partial charge in [-0.1, -0.05) is 47.4 Å². The summed E-state index contributed by atoms with van der Waals surface area (Å²) >= 11 is 6.07. The first kappa shape index (κ1) is 21.4. The lowest BCUT2D eigenvalue weighted by Crippen LogP contribution is -2.33. The second kappa shape index (κ2) is 7.69. The monoisotopic (exact) mass is 488 g/mol. The number of hydrogen-bond acceptors (Lipinski definition) is 7. The molecule has 0 unspecified atom stereocenters. The number of halogens is 4. The summed E-state index contributed by atoms with van der Waals surface area (Å²) in [5.41, 5.74) is -0.0854. The number of aromatic nitrogens is 3. The zero-order valence-electron chi connectivity index (χ0n) is 14.9. The second-order valence-corrected chi connectivity index (χ2v) is 8.72. The highest BCUT2D eigenvalue weighted by Gasteiger charge is 2.38. The largest absolute Gasteiger partial charge is 0.480 e. The average molecular weight is 488 g/mol. The molecule has 160 valence electrons. The van der Waals surface area contributed by atoms with E-state index < -0.39 is 35.4 Å². The molecule has 4 rings (SSSR count). The average Bonchev–Trinajstić information content (AvgIpc) is 3.31. The summed E-state index contributed by atoms with van der Waals surface area (Å²) in [6.45, 7) is -0.668. The number of carbonyl (C=O) groups is 2. The maximum atomic E-state index is 14.4. The molecule has 3 aromatic rings. The Morgan fingerprint density at radius 3 is 2.65 bits per heavy atom. The highest BCUT2D eigenvalue weighted by molar-refractivity contribution is 8.26. The topological polar surface area (TPSA) is 87.8 Å². The van der Waals surface area contributed by atoms with Gasteiger partial charge in [0, 0.05) is 5.56 Å². The van der Waals surface area contributed by atoms with Crippen molar-refractivity contribution in [2.75, 3.05) is 6.54 Å². The fourth-order valence-electron chi connectivity index (χ4n) is 2.76. The van der Waals surface area contributed by atoms with Crippen LogP contribution in [-0.2, 0) is 15.8 Å². The van der Waals surface area contributed by atoms with Crippen LogP contribution in [0.4, 0.5) is 17.6 Å². The number of thiocarbonyl (C=S) groups is 1. The molecule has 0 spiro atoms. The Kier molecular flexibility index (Phi) is 5.31. The van der Waals surface area contributed by atoms with Gasteiger partial charge in [0.25, 0.3) is 5.91 Å². The van der Waals surface area contributed by atoms with Crippen molar-refractivity contribution >= 4 is 62.6 Å². The summed E-state index contributed by atoms with van der Waals surface area (Å²) in [4.78, 5) is 28.3. The molecule has 0 bridgehead atoms. The SMILES string of the molecule is O=C(O)CN1C(=O)/C(=C/c2c(-c3ccccc3F)nc3sc(C(F)(F)F)nn23)SC1=S. The summed E-state index contributed by atoms with van der Waals surface area (Å²) in [7, 11) is 0. The van der Waals surface area contributed by atoms with E-state index in [4.69, 9.17) is 17.3 Å². The van der Waals surface area contributed by atoms with Gasteiger partial charge in [0.1, 0.15) is 22.4 Å². The van der Waals surface area contributed by atoms with E-state index in [0.717, 1.165) is 27.2 Å². The summed E-state index contributed by atoms with van der Waals surface area (Å²) in [5, 5.41) is 11.3. The van der Waals surface area contributed by atoms with Gasteiger partial charge in [-0.15, -0.1) is 5.10 Å². The van der Waals surface area contributed by atoms with Crippen molar-refractivity contribution in [3.05, 3.63) is 45.7 Å². The van der Waals surface area contributed by atoms with Crippen LogP contribution in [0, 0.1) is 5.82 Å². The van der Waals surface area contributed by atoms with Crippen molar-refractivity contribution in [1.29, 1.82) is 0 Å². The first-order valence-corrected chi connectivity index (χ1v) is 10.3. The number of thioether (sulfide) groups is 1. The minimum absolute atomic E-state index is 0.000947. The number of carbonyl (C=O) groups excluding carboxylic acids is 1.